The first-order valence-electron chi connectivity index (χ1n) is 11.5. The Morgan fingerprint density at radius 2 is 1.59 bits per heavy atom. The predicted molar refractivity (Wildman–Crippen MR) is 132 cm³/mol. The molecule has 2 unspecified atom stereocenters. The maximum atomic E-state index is 13.8. The molecule has 0 aromatic heterocycles. The van der Waals surface area contributed by atoms with E-state index in [4.69, 9.17) is 4.74 Å². The number of aryl methyl sites for hydroxylation is 2. The Morgan fingerprint density at radius 1 is 1.06 bits per heavy atom. The maximum Gasteiger partial charge on any atom is 0.408 e. The molecule has 2 N–H and O–H groups in total. The number of benzene rings is 1. The molecule has 0 heterocycles. The first-order chi connectivity index (χ1) is 15.5. The largest absolute Gasteiger partial charge is 0.444 e. The van der Waals surface area contributed by atoms with Gasteiger partial charge in [0.25, 0.3) is 0 Å². The van der Waals surface area contributed by atoms with Crippen molar-refractivity contribution in [1.29, 1.82) is 5.26 Å². The fourth-order valence-electron chi connectivity index (χ4n) is 3.62. The number of hydrogen-bond acceptors (Lipinski definition) is 5. The van der Waals surface area contributed by atoms with E-state index in [1.54, 1.807) is 34.6 Å². The zero-order valence-corrected chi connectivity index (χ0v) is 22.2. The Hall–Kier alpha value is -3.08. The average Bonchev–Trinajstić information content (AvgIpc) is 2.64. The van der Waals surface area contributed by atoms with Crippen LogP contribution >= 0.6 is 0 Å². The molecule has 0 fully saturated rings. The van der Waals surface area contributed by atoms with Gasteiger partial charge in [0.05, 0.1) is 6.07 Å². The lowest BCUT2D eigenvalue weighted by Crippen LogP contribution is -2.56. The number of nitrogens with zero attached hydrogens (tertiary/aromatic N) is 2. The summed E-state index contributed by atoms with van der Waals surface area (Å²) in [5, 5.41) is 15.2. The highest BCUT2D eigenvalue weighted by Gasteiger charge is 2.39. The van der Waals surface area contributed by atoms with Crippen LogP contribution in [0.3, 0.4) is 0 Å². The quantitative estimate of drug-likeness (QED) is 0.579. The number of nitriles is 1. The second kappa shape index (κ2) is 11.4. The first-order valence-corrected chi connectivity index (χ1v) is 11.5. The van der Waals surface area contributed by atoms with Gasteiger partial charge in [-0.15, -0.1) is 0 Å². The molecule has 0 aliphatic carbocycles. The molecule has 1 aromatic carbocycles. The van der Waals surface area contributed by atoms with E-state index in [2.05, 4.69) is 10.6 Å². The molecule has 0 aliphatic rings. The van der Waals surface area contributed by atoms with Crippen LogP contribution in [0, 0.1) is 31.1 Å². The van der Waals surface area contributed by atoms with Gasteiger partial charge in [-0.3, -0.25) is 9.59 Å². The van der Waals surface area contributed by atoms with E-state index in [0.29, 0.717) is 5.56 Å². The molecule has 188 valence electrons. The lowest BCUT2D eigenvalue weighted by Gasteiger charge is -2.36. The molecule has 0 aliphatic heterocycles. The van der Waals surface area contributed by atoms with Gasteiger partial charge in [0.1, 0.15) is 24.2 Å². The fourth-order valence-corrected chi connectivity index (χ4v) is 3.62. The van der Waals surface area contributed by atoms with Gasteiger partial charge < -0.3 is 20.3 Å². The molecule has 34 heavy (non-hydrogen) atoms. The Kier molecular flexibility index (Phi) is 9.68. The standard InChI is InChI=1S/C26H40N4O4/c1-16(2)20(28-24(33)34-26(8,9)10)23(32)30(15-14-27)21(22(31)29-25(5,6)7)19-17(3)12-11-13-18(19)4/h11-13,16,20-21H,15H2,1-10H3,(H,28,33)(H,29,31). The van der Waals surface area contributed by atoms with Gasteiger partial charge in [-0.05, 0) is 78.0 Å². The molecule has 1 rings (SSSR count). The number of carbonyl (C=O) groups excluding carboxylic acids is 3. The van der Waals surface area contributed by atoms with E-state index in [1.807, 2.05) is 58.9 Å². The summed E-state index contributed by atoms with van der Waals surface area (Å²) in [6, 6.07) is 5.60. The van der Waals surface area contributed by atoms with Crippen molar-refractivity contribution in [3.63, 3.8) is 0 Å². The second-order valence-corrected chi connectivity index (χ2v) is 10.9. The molecular formula is C26H40N4O4. The van der Waals surface area contributed by atoms with E-state index >= 15 is 0 Å². The van der Waals surface area contributed by atoms with E-state index < -0.39 is 41.1 Å². The summed E-state index contributed by atoms with van der Waals surface area (Å²) < 4.78 is 5.34. The molecular weight excluding hydrogens is 432 g/mol. The van der Waals surface area contributed by atoms with Crippen molar-refractivity contribution in [2.45, 2.75) is 92.5 Å². The van der Waals surface area contributed by atoms with Crippen molar-refractivity contribution in [3.8, 4) is 6.07 Å². The third-order valence-electron chi connectivity index (χ3n) is 5.00. The number of nitrogens with one attached hydrogen (secondary N) is 2. The minimum absolute atomic E-state index is 0.314. The third-order valence-corrected chi connectivity index (χ3v) is 5.00. The number of ether oxygens (including phenoxy) is 1. The van der Waals surface area contributed by atoms with Gasteiger partial charge in [-0.1, -0.05) is 32.0 Å². The summed E-state index contributed by atoms with van der Waals surface area (Å²) >= 11 is 0. The van der Waals surface area contributed by atoms with Crippen molar-refractivity contribution in [3.05, 3.63) is 34.9 Å². The van der Waals surface area contributed by atoms with Crippen LogP contribution in [0.2, 0.25) is 0 Å². The minimum Gasteiger partial charge on any atom is -0.444 e. The van der Waals surface area contributed by atoms with E-state index in [1.165, 1.54) is 4.90 Å². The van der Waals surface area contributed by atoms with E-state index in [9.17, 15) is 19.6 Å². The van der Waals surface area contributed by atoms with Gasteiger partial charge in [-0.2, -0.15) is 5.26 Å². The summed E-state index contributed by atoms with van der Waals surface area (Å²) in [6.07, 6.45) is -0.737. The number of alkyl carbamates (subject to hydrolysis) is 1. The van der Waals surface area contributed by atoms with Crippen molar-refractivity contribution in [1.82, 2.24) is 15.5 Å². The van der Waals surface area contributed by atoms with Crippen LogP contribution in [0.4, 0.5) is 4.79 Å². The number of hydrogen-bond donors (Lipinski definition) is 2. The van der Waals surface area contributed by atoms with Crippen molar-refractivity contribution >= 4 is 17.9 Å². The average molecular weight is 473 g/mol. The molecule has 0 spiro atoms. The molecule has 3 amide bonds. The fraction of sp³-hybridized carbons (Fsp3) is 0.615. The SMILES string of the molecule is Cc1cccc(C)c1C(C(=O)NC(C)(C)C)N(CC#N)C(=O)C(NC(=O)OC(C)(C)C)C(C)C. The number of carbonyl (C=O) groups is 3. The van der Waals surface area contributed by atoms with Crippen molar-refractivity contribution in [2.75, 3.05) is 6.54 Å². The molecule has 8 heteroatoms. The monoisotopic (exact) mass is 472 g/mol. The Balaban J connectivity index is 3.57. The topological polar surface area (TPSA) is 112 Å². The lowest BCUT2D eigenvalue weighted by atomic mass is 9.92. The Bertz CT molecular complexity index is 915. The molecule has 1 aromatic rings. The zero-order valence-electron chi connectivity index (χ0n) is 22.2. The second-order valence-electron chi connectivity index (χ2n) is 10.9. The predicted octanol–water partition coefficient (Wildman–Crippen LogP) is 4.16. The summed E-state index contributed by atoms with van der Waals surface area (Å²) in [5.41, 5.74) is 1.01. The van der Waals surface area contributed by atoms with E-state index in [-0.39, 0.29) is 12.5 Å². The Morgan fingerprint density at radius 3 is 2.00 bits per heavy atom. The molecule has 8 nitrogen and oxygen atoms in total. The lowest BCUT2D eigenvalue weighted by molar-refractivity contribution is -0.143. The summed E-state index contributed by atoms with van der Waals surface area (Å²) in [7, 11) is 0. The van der Waals surface area contributed by atoms with Crippen LogP contribution in [0.1, 0.15) is 78.1 Å². The highest BCUT2D eigenvalue weighted by atomic mass is 16.6. The van der Waals surface area contributed by atoms with Crippen LogP contribution < -0.4 is 10.6 Å². The highest BCUT2D eigenvalue weighted by Crippen LogP contribution is 2.29. The highest BCUT2D eigenvalue weighted by molar-refractivity contribution is 5.93. The number of amides is 3. The molecule has 0 saturated carbocycles. The normalized spacial score (nSPS) is 13.5. The van der Waals surface area contributed by atoms with E-state index in [0.717, 1.165) is 11.1 Å². The summed E-state index contributed by atoms with van der Waals surface area (Å²) in [6.45, 7) is 17.7. The number of rotatable bonds is 7. The first kappa shape index (κ1) is 29.0. The Labute approximate surface area is 204 Å². The van der Waals surface area contributed by atoms with Crippen LogP contribution in [0.5, 0.6) is 0 Å². The summed E-state index contributed by atoms with van der Waals surface area (Å²) in [5.74, 6) is -1.24. The van der Waals surface area contributed by atoms with Crippen LogP contribution in [-0.4, -0.2) is 46.5 Å². The van der Waals surface area contributed by atoms with Gasteiger partial charge >= 0.3 is 6.09 Å². The van der Waals surface area contributed by atoms with Gasteiger partial charge in [0.15, 0.2) is 0 Å². The maximum absolute atomic E-state index is 13.8. The van der Waals surface area contributed by atoms with Crippen LogP contribution in [0.25, 0.3) is 0 Å². The minimum atomic E-state index is -1.05. The summed E-state index contributed by atoms with van der Waals surface area (Å²) in [4.78, 5) is 41.1. The van der Waals surface area contributed by atoms with Gasteiger partial charge in [0.2, 0.25) is 11.8 Å². The smallest absolute Gasteiger partial charge is 0.408 e. The van der Waals surface area contributed by atoms with Crippen molar-refractivity contribution in [2.24, 2.45) is 5.92 Å². The molecule has 2 atom stereocenters. The van der Waals surface area contributed by atoms with Gasteiger partial charge in [0, 0.05) is 5.54 Å². The van der Waals surface area contributed by atoms with Gasteiger partial charge in [-0.25, -0.2) is 4.79 Å². The zero-order chi connectivity index (χ0) is 26.4. The third kappa shape index (κ3) is 8.36. The molecule has 0 bridgehead atoms. The molecule has 0 radical (unpaired) electrons. The van der Waals surface area contributed by atoms with Crippen molar-refractivity contribution < 1.29 is 19.1 Å². The molecule has 0 saturated heterocycles. The van der Waals surface area contributed by atoms with Crippen LogP contribution in [-0.2, 0) is 14.3 Å². The van der Waals surface area contributed by atoms with Crippen LogP contribution in [0.15, 0.2) is 18.2 Å².